The Kier molecular flexibility index (Phi) is 4.60. The van der Waals surface area contributed by atoms with Gasteiger partial charge in [0.1, 0.15) is 0 Å². The molecule has 4 bridgehead atoms. The van der Waals surface area contributed by atoms with Gasteiger partial charge in [-0.2, -0.15) is 0 Å². The first-order chi connectivity index (χ1) is 13.2. The van der Waals surface area contributed by atoms with Gasteiger partial charge in [-0.25, -0.2) is 0 Å². The minimum absolute atomic E-state index is 0.421. The van der Waals surface area contributed by atoms with Crippen LogP contribution in [0.25, 0.3) is 0 Å². The van der Waals surface area contributed by atoms with Gasteiger partial charge in [-0.15, -0.1) is 0 Å². The molecule has 6 rings (SSSR count). The average molecular weight is 360 g/mol. The van der Waals surface area contributed by atoms with E-state index in [1.807, 2.05) is 0 Å². The summed E-state index contributed by atoms with van der Waals surface area (Å²) in [5.41, 5.74) is 4.85. The molecule has 1 nitrogen and oxygen atoms in total. The van der Waals surface area contributed by atoms with Crippen molar-refractivity contribution in [3.05, 3.63) is 71.3 Å². The zero-order valence-electron chi connectivity index (χ0n) is 16.7. The van der Waals surface area contributed by atoms with Gasteiger partial charge in [-0.3, -0.25) is 0 Å². The monoisotopic (exact) mass is 359 g/mol. The Balaban J connectivity index is 1.37. The fourth-order valence-corrected chi connectivity index (χ4v) is 7.04. The van der Waals surface area contributed by atoms with E-state index < -0.39 is 0 Å². The minimum atomic E-state index is 0.421. The second kappa shape index (κ2) is 7.09. The highest BCUT2D eigenvalue weighted by atomic mass is 14.9. The molecule has 0 aliphatic heterocycles. The number of hydrogen-bond donors (Lipinski definition) is 1. The van der Waals surface area contributed by atoms with E-state index in [0.717, 1.165) is 36.8 Å². The number of aryl methyl sites for hydroxylation is 1. The number of hydrogen-bond acceptors (Lipinski definition) is 1. The maximum atomic E-state index is 3.77. The summed E-state index contributed by atoms with van der Waals surface area (Å²) >= 11 is 0. The minimum Gasteiger partial charge on any atom is -0.313 e. The Hall–Kier alpha value is -1.60. The smallest absolute Gasteiger partial charge is 0.0205 e. The van der Waals surface area contributed by atoms with Crippen LogP contribution >= 0.6 is 0 Å². The molecule has 0 saturated heterocycles. The second-order valence-corrected chi connectivity index (χ2v) is 9.62. The van der Waals surface area contributed by atoms with Gasteiger partial charge < -0.3 is 5.32 Å². The lowest BCUT2D eigenvalue weighted by Crippen LogP contribution is -2.56. The van der Waals surface area contributed by atoms with E-state index in [-0.39, 0.29) is 0 Å². The first-order valence-electron chi connectivity index (χ1n) is 11.1. The standard InChI is InChI=1S/C26H33N/c1-19-7-9-23(10-8-19)26(11-12-27-18-20-5-3-2-4-6-20)24-14-21-13-22(16-24)17-25(26)15-21/h2-10,21-22,24-25,27H,11-18H2,1H3. The van der Waals surface area contributed by atoms with Crippen molar-refractivity contribution in [1.29, 1.82) is 0 Å². The van der Waals surface area contributed by atoms with Gasteiger partial charge in [0.05, 0.1) is 0 Å². The largest absolute Gasteiger partial charge is 0.313 e. The molecular weight excluding hydrogens is 326 g/mol. The first-order valence-corrected chi connectivity index (χ1v) is 11.1. The van der Waals surface area contributed by atoms with E-state index in [0.29, 0.717) is 5.41 Å². The highest BCUT2D eigenvalue weighted by Crippen LogP contribution is 2.64. The van der Waals surface area contributed by atoms with E-state index in [9.17, 15) is 0 Å². The van der Waals surface area contributed by atoms with Crippen molar-refractivity contribution < 1.29 is 0 Å². The van der Waals surface area contributed by atoms with Crippen LogP contribution in [-0.4, -0.2) is 6.54 Å². The molecule has 1 N–H and O–H groups in total. The van der Waals surface area contributed by atoms with Gasteiger partial charge in [0, 0.05) is 12.0 Å². The highest BCUT2D eigenvalue weighted by molar-refractivity contribution is 5.33. The fraction of sp³-hybridized carbons (Fsp3) is 0.538. The molecule has 0 aromatic heterocycles. The summed E-state index contributed by atoms with van der Waals surface area (Å²) in [4.78, 5) is 0. The van der Waals surface area contributed by atoms with Gasteiger partial charge in [-0.05, 0) is 86.8 Å². The van der Waals surface area contributed by atoms with E-state index in [4.69, 9.17) is 0 Å². The fourth-order valence-electron chi connectivity index (χ4n) is 7.04. The molecule has 0 atom stereocenters. The van der Waals surface area contributed by atoms with Gasteiger partial charge in [0.15, 0.2) is 0 Å². The Morgan fingerprint density at radius 1 is 0.815 bits per heavy atom. The molecule has 0 spiro atoms. The molecule has 0 amide bonds. The average Bonchev–Trinajstić information content (AvgIpc) is 2.68. The van der Waals surface area contributed by atoms with Crippen LogP contribution in [0.2, 0.25) is 0 Å². The maximum absolute atomic E-state index is 3.77. The summed E-state index contributed by atoms with van der Waals surface area (Å²) in [5.74, 6) is 3.89. The van der Waals surface area contributed by atoms with Crippen molar-refractivity contribution in [1.82, 2.24) is 5.32 Å². The molecule has 0 radical (unpaired) electrons. The molecule has 2 aromatic rings. The van der Waals surface area contributed by atoms with Crippen molar-refractivity contribution in [2.24, 2.45) is 23.7 Å². The number of rotatable bonds is 6. The molecule has 4 fully saturated rings. The van der Waals surface area contributed by atoms with Gasteiger partial charge in [0.2, 0.25) is 0 Å². The Morgan fingerprint density at radius 3 is 2.07 bits per heavy atom. The Bertz CT molecular complexity index is 733. The predicted molar refractivity (Wildman–Crippen MR) is 113 cm³/mol. The lowest BCUT2D eigenvalue weighted by molar-refractivity contribution is -0.0647. The quantitative estimate of drug-likeness (QED) is 0.636. The van der Waals surface area contributed by atoms with E-state index >= 15 is 0 Å². The molecule has 4 aliphatic carbocycles. The topological polar surface area (TPSA) is 12.0 Å². The second-order valence-electron chi connectivity index (χ2n) is 9.62. The third-order valence-corrected chi connectivity index (χ3v) is 8.07. The summed E-state index contributed by atoms with van der Waals surface area (Å²) in [5, 5.41) is 3.77. The van der Waals surface area contributed by atoms with Crippen LogP contribution in [0.5, 0.6) is 0 Å². The Morgan fingerprint density at radius 2 is 1.44 bits per heavy atom. The van der Waals surface area contributed by atoms with Crippen molar-refractivity contribution in [2.45, 2.75) is 57.4 Å². The van der Waals surface area contributed by atoms with Gasteiger partial charge in [-0.1, -0.05) is 60.2 Å². The van der Waals surface area contributed by atoms with Crippen LogP contribution in [0.4, 0.5) is 0 Å². The van der Waals surface area contributed by atoms with Crippen molar-refractivity contribution >= 4 is 0 Å². The predicted octanol–water partition coefficient (Wildman–Crippen LogP) is 5.87. The van der Waals surface area contributed by atoms with Crippen LogP contribution < -0.4 is 5.32 Å². The lowest BCUT2D eigenvalue weighted by atomic mass is 9.43. The summed E-state index contributed by atoms with van der Waals surface area (Å²) in [6, 6.07) is 20.5. The third kappa shape index (κ3) is 3.14. The highest BCUT2D eigenvalue weighted by Gasteiger charge is 2.57. The summed E-state index contributed by atoms with van der Waals surface area (Å²) < 4.78 is 0. The van der Waals surface area contributed by atoms with Crippen LogP contribution in [0.1, 0.15) is 55.2 Å². The molecule has 27 heavy (non-hydrogen) atoms. The molecule has 0 heterocycles. The van der Waals surface area contributed by atoms with Crippen LogP contribution in [-0.2, 0) is 12.0 Å². The number of nitrogens with one attached hydrogen (secondary N) is 1. The molecule has 1 heteroatoms. The Labute approximate surface area is 164 Å². The molecule has 0 unspecified atom stereocenters. The zero-order chi connectivity index (χ0) is 18.3. The van der Waals surface area contributed by atoms with Crippen molar-refractivity contribution in [3.8, 4) is 0 Å². The third-order valence-electron chi connectivity index (χ3n) is 8.07. The molecule has 142 valence electrons. The first kappa shape index (κ1) is 17.5. The molecule has 4 aliphatic rings. The number of benzene rings is 2. The normalized spacial score (nSPS) is 34.1. The summed E-state index contributed by atoms with van der Waals surface area (Å²) in [6.07, 6.45) is 8.78. The van der Waals surface area contributed by atoms with Gasteiger partial charge >= 0.3 is 0 Å². The summed E-state index contributed by atoms with van der Waals surface area (Å²) in [6.45, 7) is 4.34. The van der Waals surface area contributed by atoms with E-state index in [2.05, 4.69) is 66.8 Å². The summed E-state index contributed by atoms with van der Waals surface area (Å²) in [7, 11) is 0. The molecule has 2 aromatic carbocycles. The van der Waals surface area contributed by atoms with Crippen LogP contribution in [0.15, 0.2) is 54.6 Å². The van der Waals surface area contributed by atoms with E-state index in [1.165, 1.54) is 49.7 Å². The SMILES string of the molecule is Cc1ccc(C2(CCNCc3ccccc3)C3CC4CC(C3)CC2C4)cc1. The van der Waals surface area contributed by atoms with Crippen LogP contribution in [0.3, 0.4) is 0 Å². The van der Waals surface area contributed by atoms with Crippen LogP contribution in [0, 0.1) is 30.6 Å². The van der Waals surface area contributed by atoms with E-state index in [1.54, 1.807) is 5.56 Å². The lowest BCUT2D eigenvalue weighted by Gasteiger charge is -2.62. The maximum Gasteiger partial charge on any atom is 0.0205 e. The van der Waals surface area contributed by atoms with Crippen molar-refractivity contribution in [3.63, 3.8) is 0 Å². The van der Waals surface area contributed by atoms with Gasteiger partial charge in [0.25, 0.3) is 0 Å². The van der Waals surface area contributed by atoms with Crippen molar-refractivity contribution in [2.75, 3.05) is 6.54 Å². The molecule has 4 saturated carbocycles. The zero-order valence-corrected chi connectivity index (χ0v) is 16.7. The molecular formula is C26H33N.